The number of carbonyl (C=O) groups is 3. The number of nitrogens with one attached hydrogen (secondary N) is 1. The third kappa shape index (κ3) is 9.08. The fraction of sp³-hybridized carbons (Fsp3) is 0.761. The third-order valence-corrected chi connectivity index (χ3v) is 14.9. The lowest BCUT2D eigenvalue weighted by atomic mass is 9.36. The largest absolute Gasteiger partial charge is 0.496 e. The number of methoxy groups -OCH3 is 2. The van der Waals surface area contributed by atoms with Gasteiger partial charge in [0, 0.05) is 25.6 Å². The number of benzene rings is 1. The van der Waals surface area contributed by atoms with Gasteiger partial charge in [-0.15, -0.1) is 6.58 Å². The van der Waals surface area contributed by atoms with Crippen LogP contribution in [0.1, 0.15) is 139 Å². The number of carboxylic acid groups (broad SMARTS) is 1. The molecule has 1 aromatic carbocycles. The van der Waals surface area contributed by atoms with Gasteiger partial charge in [0.25, 0.3) is 6.47 Å². The highest BCUT2D eigenvalue weighted by molar-refractivity contribution is 5.83. The van der Waals surface area contributed by atoms with Gasteiger partial charge in [0.1, 0.15) is 12.0 Å². The molecule has 0 saturated heterocycles. The molecule has 2 N–H and O–H groups in total. The normalized spacial score (nSPS) is 36.2. The second-order valence-electron chi connectivity index (χ2n) is 19.3. The molecule has 9 unspecified atom stereocenters. The molecule has 0 radical (unpaired) electrons. The topological polar surface area (TPSA) is 102 Å². The van der Waals surface area contributed by atoms with Gasteiger partial charge in [-0.2, -0.15) is 0 Å². The van der Waals surface area contributed by atoms with E-state index in [1.165, 1.54) is 51.4 Å². The van der Waals surface area contributed by atoms with Crippen molar-refractivity contribution in [1.29, 1.82) is 0 Å². The minimum absolute atomic E-state index is 0.182. The predicted molar refractivity (Wildman–Crippen MR) is 216 cm³/mol. The van der Waals surface area contributed by atoms with Gasteiger partial charge in [-0.1, -0.05) is 79.7 Å². The Morgan fingerprint density at radius 3 is 2.09 bits per heavy atom. The van der Waals surface area contributed by atoms with E-state index in [0.29, 0.717) is 53.6 Å². The van der Waals surface area contributed by atoms with Crippen molar-refractivity contribution in [3.8, 4) is 5.75 Å². The van der Waals surface area contributed by atoms with E-state index in [2.05, 4.69) is 52.6 Å². The van der Waals surface area contributed by atoms with E-state index < -0.39 is 0 Å². The molecule has 0 spiro atoms. The van der Waals surface area contributed by atoms with Crippen molar-refractivity contribution in [3.63, 3.8) is 0 Å². The lowest BCUT2D eigenvalue weighted by Crippen LogP contribution is -2.64. The van der Waals surface area contributed by atoms with E-state index in [-0.39, 0.29) is 22.7 Å². The first kappa shape index (κ1) is 44.7. The maximum absolute atomic E-state index is 14.2. The number of hydrogen-bond acceptors (Lipinski definition) is 5. The molecule has 300 valence electrons. The number of rotatable bonds is 6. The lowest BCUT2D eigenvalue weighted by Gasteiger charge is -2.69. The van der Waals surface area contributed by atoms with Gasteiger partial charge in [-0.05, 0) is 134 Å². The molecule has 7 nitrogen and oxygen atoms in total. The Hall–Kier alpha value is -2.67. The first-order valence-corrected chi connectivity index (χ1v) is 20.4. The van der Waals surface area contributed by atoms with Crippen molar-refractivity contribution >= 4 is 18.7 Å². The molecule has 10 atom stereocenters. The number of ether oxygens (including phenoxy) is 2. The molecule has 7 heteroatoms. The van der Waals surface area contributed by atoms with Crippen molar-refractivity contribution in [2.45, 2.75) is 146 Å². The fourth-order valence-electron chi connectivity index (χ4n) is 12.9. The Morgan fingerprint density at radius 2 is 1.53 bits per heavy atom. The minimum atomic E-state index is -0.250. The van der Waals surface area contributed by atoms with Crippen molar-refractivity contribution in [1.82, 2.24) is 5.32 Å². The van der Waals surface area contributed by atoms with Gasteiger partial charge in [0.05, 0.1) is 18.6 Å². The van der Waals surface area contributed by atoms with Crippen LogP contribution >= 0.6 is 0 Å². The number of fused-ring (bicyclic) bond motifs is 7. The second kappa shape index (κ2) is 18.3. The van der Waals surface area contributed by atoms with Crippen LogP contribution in [0.3, 0.4) is 0 Å². The SMILES string of the molecule is C=CC.CC(C)(C)CC=O.COc1ccccc1CNC(=O)C12CCC3C(CCC4C3(C)CCC3C(C)(C)C(OC)CCC34C)C1[C@H](C)CC2.O=CO. The average molecular weight is 738 g/mol. The summed E-state index contributed by atoms with van der Waals surface area (Å²) in [5.74, 6) is 5.30. The van der Waals surface area contributed by atoms with E-state index in [0.717, 1.165) is 48.2 Å². The second-order valence-corrected chi connectivity index (χ2v) is 19.3. The summed E-state index contributed by atoms with van der Waals surface area (Å²) >= 11 is 0. The zero-order valence-electron chi connectivity index (χ0n) is 35.3. The van der Waals surface area contributed by atoms with Gasteiger partial charge in [0.15, 0.2) is 0 Å². The highest BCUT2D eigenvalue weighted by Crippen LogP contribution is 2.73. The highest BCUT2D eigenvalue weighted by Gasteiger charge is 2.67. The number of hydrogen-bond donors (Lipinski definition) is 2. The molecule has 1 aromatic rings. The number of carbonyl (C=O) groups excluding carboxylic acids is 2. The Kier molecular flexibility index (Phi) is 15.5. The zero-order chi connectivity index (χ0) is 39.8. The van der Waals surface area contributed by atoms with Crippen molar-refractivity contribution in [2.24, 2.45) is 62.6 Å². The molecule has 0 bridgehead atoms. The summed E-state index contributed by atoms with van der Waals surface area (Å²) in [6.45, 7) is 24.5. The Balaban J connectivity index is 0.000000505. The van der Waals surface area contributed by atoms with Crippen molar-refractivity contribution in [2.75, 3.05) is 14.2 Å². The number of allylic oxidation sites excluding steroid dienone is 1. The maximum atomic E-state index is 14.2. The summed E-state index contributed by atoms with van der Waals surface area (Å²) in [6, 6.07) is 8.09. The molecule has 0 aliphatic heterocycles. The summed E-state index contributed by atoms with van der Waals surface area (Å²) in [7, 11) is 3.64. The predicted octanol–water partition coefficient (Wildman–Crippen LogP) is 10.6. The molecule has 1 amide bonds. The van der Waals surface area contributed by atoms with Gasteiger partial charge in [0.2, 0.25) is 5.91 Å². The molecule has 5 fully saturated rings. The van der Waals surface area contributed by atoms with Crippen LogP contribution < -0.4 is 10.1 Å². The molecule has 5 saturated carbocycles. The van der Waals surface area contributed by atoms with Crippen LogP contribution in [0.15, 0.2) is 36.9 Å². The Labute approximate surface area is 322 Å². The standard InChI is InChI=1S/C36H55NO3.C6H12O.C3H6.CH2O2/c1-23-14-20-36(32(38)37-22-24-10-8-9-11-27(24)39-6)21-15-26-25(31(23)36)12-13-29-34(26,4)18-16-28-33(2,3)30(40-7)17-19-35(28,29)5;1-6(2,3)4-5-7;1-3-2;2-1-3/h8-11,23,25-26,28-31H,12-22H2,1-7H3,(H,37,38);5H,4H2,1-3H3;3H,1H2,2H3;1H,(H,2,3)/t23-,25?,26?,28?,29?,30?,31?,34?,35?,36?;;;/m1.../s1. The highest BCUT2D eigenvalue weighted by atomic mass is 16.5. The van der Waals surface area contributed by atoms with E-state index in [1.807, 2.05) is 53.0 Å². The van der Waals surface area contributed by atoms with Crippen molar-refractivity contribution < 1.29 is 29.0 Å². The molecule has 53 heavy (non-hydrogen) atoms. The molecular weight excluding hydrogens is 663 g/mol. The molecule has 0 aromatic heterocycles. The van der Waals surface area contributed by atoms with Crippen molar-refractivity contribution in [3.05, 3.63) is 42.5 Å². The molecule has 0 heterocycles. The molecule has 5 aliphatic rings. The summed E-state index contributed by atoms with van der Waals surface area (Å²) < 4.78 is 11.6. The lowest BCUT2D eigenvalue weighted by molar-refractivity contribution is -0.219. The average Bonchev–Trinajstić information content (AvgIpc) is 3.45. The number of aldehydes is 1. The van der Waals surface area contributed by atoms with Gasteiger partial charge in [-0.25, -0.2) is 0 Å². The smallest absolute Gasteiger partial charge is 0.290 e. The van der Waals surface area contributed by atoms with Crippen LogP contribution in [0.25, 0.3) is 0 Å². The van der Waals surface area contributed by atoms with E-state index >= 15 is 0 Å². The van der Waals surface area contributed by atoms with Crippen LogP contribution in [0, 0.1) is 62.6 Å². The third-order valence-electron chi connectivity index (χ3n) is 14.9. The molecule has 6 rings (SSSR count). The van der Waals surface area contributed by atoms with Crippen LogP contribution in [-0.2, 0) is 25.7 Å². The summed E-state index contributed by atoms with van der Waals surface area (Å²) in [4.78, 5) is 32.3. The van der Waals surface area contributed by atoms with Crippen LogP contribution in [0.5, 0.6) is 5.75 Å². The quantitative estimate of drug-likeness (QED) is 0.223. The number of para-hydroxylation sites is 1. The number of amides is 1. The Morgan fingerprint density at radius 1 is 0.925 bits per heavy atom. The first-order valence-electron chi connectivity index (χ1n) is 20.4. The van der Waals surface area contributed by atoms with Gasteiger partial charge in [-0.3, -0.25) is 9.59 Å². The fourth-order valence-corrected chi connectivity index (χ4v) is 12.9. The first-order chi connectivity index (χ1) is 24.9. The van der Waals surface area contributed by atoms with Gasteiger partial charge >= 0.3 is 0 Å². The summed E-state index contributed by atoms with van der Waals surface area (Å²) in [5.41, 5.74) is 2.09. The maximum Gasteiger partial charge on any atom is 0.290 e. The van der Waals surface area contributed by atoms with E-state index in [4.69, 9.17) is 19.4 Å². The Bertz CT molecular complexity index is 1360. The minimum Gasteiger partial charge on any atom is -0.496 e. The van der Waals surface area contributed by atoms with E-state index in [9.17, 15) is 9.59 Å². The monoisotopic (exact) mass is 738 g/mol. The van der Waals surface area contributed by atoms with Gasteiger partial charge < -0.3 is 24.7 Å². The van der Waals surface area contributed by atoms with Crippen LogP contribution in [0.2, 0.25) is 0 Å². The summed E-state index contributed by atoms with van der Waals surface area (Å²) in [5, 5.41) is 10.3. The van der Waals surface area contributed by atoms with E-state index in [1.54, 1.807) is 13.2 Å². The van der Waals surface area contributed by atoms with Crippen LogP contribution in [-0.4, -0.2) is 44.1 Å². The molecular formula is C46H75NO6. The zero-order valence-corrected chi connectivity index (χ0v) is 35.3. The summed E-state index contributed by atoms with van der Waals surface area (Å²) in [6.07, 6.45) is 16.2. The molecule has 5 aliphatic carbocycles. The van der Waals surface area contributed by atoms with Crippen LogP contribution in [0.4, 0.5) is 0 Å².